The van der Waals surface area contributed by atoms with Crippen LogP contribution in [0, 0.1) is 0 Å². The molecule has 3 heterocycles. The zero-order chi connectivity index (χ0) is 19.9. The maximum atomic E-state index is 13.6. The van der Waals surface area contributed by atoms with E-state index in [1.807, 2.05) is 5.38 Å². The van der Waals surface area contributed by atoms with E-state index in [4.69, 9.17) is 11.6 Å². The summed E-state index contributed by atoms with van der Waals surface area (Å²) in [5.74, 6) is -0.456. The molecule has 0 unspecified atom stereocenters. The van der Waals surface area contributed by atoms with E-state index in [1.165, 1.54) is 17.4 Å². The Hall–Kier alpha value is -2.52. The van der Waals surface area contributed by atoms with Crippen molar-refractivity contribution in [3.63, 3.8) is 0 Å². The number of aromatic nitrogens is 2. The van der Waals surface area contributed by atoms with E-state index < -0.39 is 24.2 Å². The number of nitrogens with zero attached hydrogens (tertiary/aromatic N) is 2. The van der Waals surface area contributed by atoms with Crippen LogP contribution >= 0.6 is 22.9 Å². The van der Waals surface area contributed by atoms with Crippen LogP contribution in [0.3, 0.4) is 0 Å². The Morgan fingerprint density at radius 2 is 2.11 bits per heavy atom. The van der Waals surface area contributed by atoms with E-state index in [0.29, 0.717) is 10.7 Å². The Kier molecular flexibility index (Phi) is 4.80. The molecular formula is C18H14ClF3N4OS. The molecular weight excluding hydrogens is 413 g/mol. The number of carbonyl (C=O) groups is 1. The first-order valence-corrected chi connectivity index (χ1v) is 9.60. The number of nitrogens with one attached hydrogen (secondary N) is 2. The van der Waals surface area contributed by atoms with Gasteiger partial charge in [0.2, 0.25) is 0 Å². The predicted molar refractivity (Wildman–Crippen MR) is 102 cm³/mol. The van der Waals surface area contributed by atoms with Gasteiger partial charge in [-0.25, -0.2) is 4.68 Å². The number of amides is 1. The van der Waals surface area contributed by atoms with Crippen molar-refractivity contribution >= 4 is 40.4 Å². The lowest BCUT2D eigenvalue weighted by molar-refractivity contribution is -0.173. The average Bonchev–Trinajstić information content (AvgIpc) is 3.29. The monoisotopic (exact) mass is 426 g/mol. The van der Waals surface area contributed by atoms with Gasteiger partial charge in [-0.1, -0.05) is 23.7 Å². The van der Waals surface area contributed by atoms with Gasteiger partial charge in [0, 0.05) is 28.1 Å². The second-order valence-corrected chi connectivity index (χ2v) is 7.75. The van der Waals surface area contributed by atoms with Gasteiger partial charge >= 0.3 is 6.18 Å². The molecule has 146 valence electrons. The summed E-state index contributed by atoms with van der Waals surface area (Å²) in [6.45, 7) is 0. The number of hydrogen-bond acceptors (Lipinski definition) is 4. The summed E-state index contributed by atoms with van der Waals surface area (Å²) in [7, 11) is 0. The summed E-state index contributed by atoms with van der Waals surface area (Å²) in [4.78, 5) is 13.3. The highest BCUT2D eigenvalue weighted by atomic mass is 35.5. The highest BCUT2D eigenvalue weighted by Crippen LogP contribution is 2.44. The largest absolute Gasteiger partial charge is 0.410 e. The fourth-order valence-corrected chi connectivity index (χ4v) is 4.10. The van der Waals surface area contributed by atoms with Crippen molar-refractivity contribution in [2.45, 2.75) is 24.7 Å². The molecule has 28 heavy (non-hydrogen) atoms. The van der Waals surface area contributed by atoms with Crippen molar-refractivity contribution in [1.29, 1.82) is 0 Å². The van der Waals surface area contributed by atoms with Gasteiger partial charge in [-0.05, 0) is 29.6 Å². The summed E-state index contributed by atoms with van der Waals surface area (Å²) in [6.07, 6.45) is -4.69. The normalized spacial score (nSPS) is 19.0. The van der Waals surface area contributed by atoms with Gasteiger partial charge in [0.1, 0.15) is 5.82 Å². The van der Waals surface area contributed by atoms with Crippen LogP contribution in [0.25, 0.3) is 0 Å². The maximum Gasteiger partial charge on any atom is 0.410 e. The molecule has 0 bridgehead atoms. The lowest BCUT2D eigenvalue weighted by atomic mass is 10.0. The molecule has 1 aliphatic rings. The summed E-state index contributed by atoms with van der Waals surface area (Å²) in [5.41, 5.74) is 0.323. The second kappa shape index (κ2) is 7.14. The third kappa shape index (κ3) is 3.72. The van der Waals surface area contributed by atoms with E-state index in [2.05, 4.69) is 15.7 Å². The zero-order valence-electron chi connectivity index (χ0n) is 14.2. The molecule has 10 heteroatoms. The molecule has 0 saturated heterocycles. The van der Waals surface area contributed by atoms with Gasteiger partial charge in [0.25, 0.3) is 5.91 Å². The molecule has 0 spiro atoms. The zero-order valence-corrected chi connectivity index (χ0v) is 15.8. The molecule has 1 amide bonds. The minimum absolute atomic E-state index is 0.108. The van der Waals surface area contributed by atoms with E-state index in [9.17, 15) is 18.0 Å². The molecule has 1 aromatic carbocycles. The molecule has 2 aromatic heterocycles. The summed E-state index contributed by atoms with van der Waals surface area (Å²) in [5, 5.41) is 11.8. The fraction of sp³-hybridized carbons (Fsp3) is 0.222. The first kappa shape index (κ1) is 18.8. The molecule has 0 saturated carbocycles. The molecule has 4 rings (SSSR count). The van der Waals surface area contributed by atoms with Crippen LogP contribution in [0.4, 0.5) is 24.7 Å². The number of fused-ring (bicyclic) bond motifs is 1. The van der Waals surface area contributed by atoms with Crippen molar-refractivity contribution in [2.75, 3.05) is 10.6 Å². The van der Waals surface area contributed by atoms with Crippen LogP contribution in [0.5, 0.6) is 0 Å². The van der Waals surface area contributed by atoms with Gasteiger partial charge in [-0.15, -0.1) is 11.3 Å². The topological polar surface area (TPSA) is 59.0 Å². The highest BCUT2D eigenvalue weighted by Gasteiger charge is 2.47. The SMILES string of the molecule is O=C(Nc1cccc(Cl)c1)c1cc2n(n1)[C@H](C(F)(F)F)C[C@@H](c1cccs1)N2. The number of rotatable bonds is 3. The van der Waals surface area contributed by atoms with Crippen molar-refractivity contribution in [3.8, 4) is 0 Å². The van der Waals surface area contributed by atoms with Crippen molar-refractivity contribution < 1.29 is 18.0 Å². The van der Waals surface area contributed by atoms with Gasteiger partial charge in [0.05, 0.1) is 6.04 Å². The number of benzene rings is 1. The number of halogens is 4. The summed E-state index contributed by atoms with van der Waals surface area (Å²) >= 11 is 7.27. The molecule has 0 fully saturated rings. The summed E-state index contributed by atoms with van der Waals surface area (Å²) < 4.78 is 41.8. The Bertz CT molecular complexity index is 1000. The first-order chi connectivity index (χ1) is 13.3. The smallest absolute Gasteiger partial charge is 0.363 e. The number of alkyl halides is 3. The minimum atomic E-state index is -4.49. The Labute approximate surface area is 167 Å². The van der Waals surface area contributed by atoms with E-state index in [0.717, 1.165) is 9.56 Å². The van der Waals surface area contributed by atoms with Crippen molar-refractivity contribution in [1.82, 2.24) is 9.78 Å². The highest BCUT2D eigenvalue weighted by molar-refractivity contribution is 7.10. The number of anilines is 2. The lowest BCUT2D eigenvalue weighted by Gasteiger charge is -2.32. The van der Waals surface area contributed by atoms with Crippen LogP contribution in [0.1, 0.15) is 33.9 Å². The number of hydrogen-bond donors (Lipinski definition) is 2. The predicted octanol–water partition coefficient (Wildman–Crippen LogP) is 5.51. The molecule has 1 aliphatic heterocycles. The fourth-order valence-electron chi connectivity index (χ4n) is 3.12. The first-order valence-electron chi connectivity index (χ1n) is 8.34. The molecule has 0 radical (unpaired) electrons. The van der Waals surface area contributed by atoms with Crippen molar-refractivity contribution in [3.05, 3.63) is 63.4 Å². The van der Waals surface area contributed by atoms with E-state index in [-0.39, 0.29) is 17.9 Å². The maximum absolute atomic E-state index is 13.6. The quantitative estimate of drug-likeness (QED) is 0.580. The van der Waals surface area contributed by atoms with Crippen LogP contribution in [-0.4, -0.2) is 21.9 Å². The third-order valence-corrected chi connectivity index (χ3v) is 5.61. The van der Waals surface area contributed by atoms with Gasteiger partial charge in [0.15, 0.2) is 11.7 Å². The van der Waals surface area contributed by atoms with Gasteiger partial charge in [-0.2, -0.15) is 18.3 Å². The van der Waals surface area contributed by atoms with Gasteiger partial charge < -0.3 is 10.6 Å². The standard InChI is InChI=1S/C18H14ClF3N4OS/c19-10-3-1-4-11(7-10)23-17(27)13-9-16-24-12(14-5-2-6-28-14)8-15(18(20,21)22)26(16)25-13/h1-7,9,12,15,24H,8H2,(H,23,27)/t12-,15-/m0/s1. The van der Waals surface area contributed by atoms with Gasteiger partial charge in [-0.3, -0.25) is 4.79 Å². The van der Waals surface area contributed by atoms with Crippen molar-refractivity contribution in [2.24, 2.45) is 0 Å². The molecule has 5 nitrogen and oxygen atoms in total. The van der Waals surface area contributed by atoms with Crippen LogP contribution < -0.4 is 10.6 Å². The Morgan fingerprint density at radius 3 is 2.79 bits per heavy atom. The molecule has 2 atom stereocenters. The number of carbonyl (C=O) groups excluding carboxylic acids is 1. The number of thiophene rings is 1. The Morgan fingerprint density at radius 1 is 1.29 bits per heavy atom. The van der Waals surface area contributed by atoms with E-state index >= 15 is 0 Å². The summed E-state index contributed by atoms with van der Waals surface area (Å²) in [6, 6.07) is 9.07. The van der Waals surface area contributed by atoms with Crippen LogP contribution in [0.2, 0.25) is 5.02 Å². The third-order valence-electron chi connectivity index (χ3n) is 4.39. The van der Waals surface area contributed by atoms with Crippen LogP contribution in [0.15, 0.2) is 47.8 Å². The van der Waals surface area contributed by atoms with E-state index in [1.54, 1.807) is 36.4 Å². The second-order valence-electron chi connectivity index (χ2n) is 6.33. The van der Waals surface area contributed by atoms with Crippen LogP contribution in [-0.2, 0) is 0 Å². The molecule has 2 N–H and O–H groups in total. The average molecular weight is 427 g/mol. The Balaban J connectivity index is 1.64. The minimum Gasteiger partial charge on any atom is -0.363 e. The molecule has 3 aromatic rings. The lowest BCUT2D eigenvalue weighted by Crippen LogP contribution is -2.35. The molecule has 0 aliphatic carbocycles.